The fourth-order valence-electron chi connectivity index (χ4n) is 0.703. The summed E-state index contributed by atoms with van der Waals surface area (Å²) in [5, 5.41) is 8.59. The van der Waals surface area contributed by atoms with Crippen molar-refractivity contribution in [3.05, 3.63) is 23.9 Å². The van der Waals surface area contributed by atoms with Gasteiger partial charge in [0.15, 0.2) is 0 Å². The molecule has 0 saturated heterocycles. The molecule has 5 heteroatoms. The number of pyridine rings is 1. The summed E-state index contributed by atoms with van der Waals surface area (Å²) in [6, 6.07) is 4.29. The molecule has 0 fully saturated rings. The van der Waals surface area contributed by atoms with Crippen molar-refractivity contribution in [2.45, 2.75) is 13.2 Å². The highest BCUT2D eigenvalue weighted by Gasteiger charge is 2.04. The first kappa shape index (κ1) is 8.86. The van der Waals surface area contributed by atoms with E-state index in [4.69, 9.17) is 5.11 Å². The topological polar surface area (TPSA) is 42.4 Å². The highest BCUT2D eigenvalue weighted by atomic mass is 19.3. The Balaban J connectivity index is 2.72. The van der Waals surface area contributed by atoms with E-state index in [-0.39, 0.29) is 12.5 Å². The third kappa shape index (κ3) is 2.43. The van der Waals surface area contributed by atoms with Crippen molar-refractivity contribution in [3.8, 4) is 5.88 Å². The molecular formula is C7H7F2NO2. The molecule has 1 aromatic heterocycles. The van der Waals surface area contributed by atoms with E-state index in [9.17, 15) is 8.78 Å². The third-order valence-corrected chi connectivity index (χ3v) is 1.15. The summed E-state index contributed by atoms with van der Waals surface area (Å²) in [6.07, 6.45) is 0. The quantitative estimate of drug-likeness (QED) is 0.749. The average Bonchev–Trinajstić information content (AvgIpc) is 2.03. The Bertz CT molecular complexity index is 255. The Kier molecular flexibility index (Phi) is 2.93. The van der Waals surface area contributed by atoms with E-state index in [1.807, 2.05) is 0 Å². The summed E-state index contributed by atoms with van der Waals surface area (Å²) in [7, 11) is 0. The fraction of sp³-hybridized carbons (Fsp3) is 0.286. The molecule has 0 saturated carbocycles. The number of nitrogens with zero attached hydrogens (tertiary/aromatic N) is 1. The highest BCUT2D eigenvalue weighted by molar-refractivity contribution is 5.15. The zero-order valence-corrected chi connectivity index (χ0v) is 6.08. The van der Waals surface area contributed by atoms with Crippen LogP contribution in [0.5, 0.6) is 5.88 Å². The molecule has 0 bridgehead atoms. The molecular weight excluding hydrogens is 168 g/mol. The largest absolute Gasteiger partial charge is 0.417 e. The zero-order chi connectivity index (χ0) is 8.97. The lowest BCUT2D eigenvalue weighted by molar-refractivity contribution is -0.0530. The van der Waals surface area contributed by atoms with Gasteiger partial charge in [0.1, 0.15) is 0 Å². The monoisotopic (exact) mass is 175 g/mol. The van der Waals surface area contributed by atoms with Crippen LogP contribution in [0.25, 0.3) is 0 Å². The lowest BCUT2D eigenvalue weighted by atomic mass is 10.4. The molecule has 1 heterocycles. The van der Waals surface area contributed by atoms with Crippen molar-refractivity contribution in [3.63, 3.8) is 0 Å². The van der Waals surface area contributed by atoms with Gasteiger partial charge in [-0.3, -0.25) is 0 Å². The lowest BCUT2D eigenvalue weighted by Crippen LogP contribution is -2.04. The minimum absolute atomic E-state index is 0.184. The van der Waals surface area contributed by atoms with Crippen LogP contribution in [0.15, 0.2) is 18.2 Å². The summed E-state index contributed by atoms with van der Waals surface area (Å²) in [5.41, 5.74) is 0.299. The molecule has 0 spiro atoms. The Morgan fingerprint density at radius 2 is 2.25 bits per heavy atom. The smallest absolute Gasteiger partial charge is 0.388 e. The number of halogens is 2. The van der Waals surface area contributed by atoms with Crippen LogP contribution in [-0.2, 0) is 6.61 Å². The van der Waals surface area contributed by atoms with Gasteiger partial charge in [-0.15, -0.1) is 0 Å². The van der Waals surface area contributed by atoms with Crippen molar-refractivity contribution >= 4 is 0 Å². The number of aromatic nitrogens is 1. The first-order valence-electron chi connectivity index (χ1n) is 3.24. The van der Waals surface area contributed by atoms with Gasteiger partial charge < -0.3 is 9.84 Å². The second-order valence-corrected chi connectivity index (χ2v) is 2.00. The Morgan fingerprint density at radius 1 is 1.50 bits per heavy atom. The molecule has 3 nitrogen and oxygen atoms in total. The van der Waals surface area contributed by atoms with Crippen molar-refractivity contribution in [1.82, 2.24) is 4.98 Å². The van der Waals surface area contributed by atoms with Crippen molar-refractivity contribution in [2.24, 2.45) is 0 Å². The molecule has 0 aliphatic heterocycles. The van der Waals surface area contributed by atoms with Crippen LogP contribution in [0, 0.1) is 0 Å². The van der Waals surface area contributed by atoms with Crippen molar-refractivity contribution in [2.75, 3.05) is 0 Å². The van der Waals surface area contributed by atoms with Crippen LogP contribution in [0.1, 0.15) is 5.69 Å². The number of ether oxygens (including phenoxy) is 1. The van der Waals surface area contributed by atoms with Crippen LogP contribution >= 0.6 is 0 Å². The molecule has 66 valence electrons. The minimum atomic E-state index is -2.88. The molecule has 0 aromatic carbocycles. The first-order valence-corrected chi connectivity index (χ1v) is 3.24. The SMILES string of the molecule is OCc1cccc(OC(F)F)n1. The molecule has 12 heavy (non-hydrogen) atoms. The van der Waals surface area contributed by atoms with Gasteiger partial charge in [-0.25, -0.2) is 4.98 Å². The first-order chi connectivity index (χ1) is 5.72. The summed E-state index contributed by atoms with van der Waals surface area (Å²) in [5.74, 6) is -0.184. The maximum absolute atomic E-state index is 11.6. The maximum atomic E-state index is 11.6. The van der Waals surface area contributed by atoms with Gasteiger partial charge in [0.25, 0.3) is 0 Å². The molecule has 0 aliphatic carbocycles. The summed E-state index contributed by atoms with van der Waals surface area (Å²) in [4.78, 5) is 3.58. The predicted octanol–water partition coefficient (Wildman–Crippen LogP) is 1.18. The summed E-state index contributed by atoms with van der Waals surface area (Å²) in [6.45, 7) is -3.17. The molecule has 0 radical (unpaired) electrons. The van der Waals surface area contributed by atoms with E-state index >= 15 is 0 Å². The Labute approximate surface area is 67.6 Å². The molecule has 0 unspecified atom stereocenters. The van der Waals surface area contributed by atoms with Crippen LogP contribution in [0.3, 0.4) is 0 Å². The van der Waals surface area contributed by atoms with Crippen molar-refractivity contribution < 1.29 is 18.6 Å². The van der Waals surface area contributed by atoms with E-state index in [1.165, 1.54) is 18.2 Å². The van der Waals surface area contributed by atoms with Crippen LogP contribution in [0.2, 0.25) is 0 Å². The van der Waals surface area contributed by atoms with Gasteiger partial charge in [0.05, 0.1) is 12.3 Å². The van der Waals surface area contributed by atoms with Crippen LogP contribution < -0.4 is 4.74 Å². The molecule has 1 rings (SSSR count). The number of aliphatic hydroxyl groups is 1. The van der Waals surface area contributed by atoms with Crippen LogP contribution in [-0.4, -0.2) is 16.7 Å². The number of aliphatic hydroxyl groups excluding tert-OH is 1. The summed E-state index contributed by atoms with van der Waals surface area (Å²) < 4.78 is 27.3. The fourth-order valence-corrected chi connectivity index (χ4v) is 0.703. The average molecular weight is 175 g/mol. The number of alkyl halides is 2. The molecule has 0 aliphatic rings. The van der Waals surface area contributed by atoms with E-state index in [0.29, 0.717) is 5.69 Å². The van der Waals surface area contributed by atoms with Gasteiger partial charge in [-0.05, 0) is 6.07 Å². The zero-order valence-electron chi connectivity index (χ0n) is 6.08. The molecule has 1 N–H and O–H groups in total. The summed E-state index contributed by atoms with van der Waals surface area (Å²) >= 11 is 0. The van der Waals surface area contributed by atoms with Gasteiger partial charge in [0.2, 0.25) is 5.88 Å². The van der Waals surface area contributed by atoms with Gasteiger partial charge in [0, 0.05) is 6.07 Å². The number of rotatable bonds is 3. The van der Waals surface area contributed by atoms with Crippen LogP contribution in [0.4, 0.5) is 8.78 Å². The second-order valence-electron chi connectivity index (χ2n) is 2.00. The Morgan fingerprint density at radius 3 is 2.83 bits per heavy atom. The maximum Gasteiger partial charge on any atom is 0.388 e. The van der Waals surface area contributed by atoms with E-state index in [2.05, 4.69) is 9.72 Å². The van der Waals surface area contributed by atoms with E-state index < -0.39 is 6.61 Å². The van der Waals surface area contributed by atoms with Gasteiger partial charge in [-0.2, -0.15) is 8.78 Å². The predicted molar refractivity (Wildman–Crippen MR) is 36.8 cm³/mol. The number of hydrogen-bond acceptors (Lipinski definition) is 3. The Hall–Kier alpha value is -1.23. The minimum Gasteiger partial charge on any atom is -0.417 e. The van der Waals surface area contributed by atoms with E-state index in [0.717, 1.165) is 0 Å². The normalized spacial score (nSPS) is 10.3. The van der Waals surface area contributed by atoms with Crippen molar-refractivity contribution in [1.29, 1.82) is 0 Å². The number of hydrogen-bond donors (Lipinski definition) is 1. The second kappa shape index (κ2) is 3.96. The molecule has 0 atom stereocenters. The van der Waals surface area contributed by atoms with E-state index in [1.54, 1.807) is 0 Å². The molecule has 1 aromatic rings. The standard InChI is InChI=1S/C7H7F2NO2/c8-7(9)12-6-3-1-2-5(4-11)10-6/h1-3,7,11H,4H2. The molecule has 0 amide bonds. The van der Waals surface area contributed by atoms with Gasteiger partial charge >= 0.3 is 6.61 Å². The van der Waals surface area contributed by atoms with Gasteiger partial charge in [-0.1, -0.05) is 6.07 Å². The highest BCUT2D eigenvalue weighted by Crippen LogP contribution is 2.10. The lowest BCUT2D eigenvalue weighted by Gasteiger charge is -2.03. The third-order valence-electron chi connectivity index (χ3n) is 1.15.